The van der Waals surface area contributed by atoms with Gasteiger partial charge in [0.15, 0.2) is 0 Å². The fourth-order valence-corrected chi connectivity index (χ4v) is 10.1. The highest BCUT2D eigenvalue weighted by atomic mass is 16.5. The van der Waals surface area contributed by atoms with E-state index in [0.717, 1.165) is 54.2 Å². The van der Waals surface area contributed by atoms with Crippen LogP contribution in [0, 0.1) is 0 Å². The Morgan fingerprint density at radius 3 is 1.18 bits per heavy atom. The molecule has 4 bridgehead atoms. The summed E-state index contributed by atoms with van der Waals surface area (Å²) in [6.07, 6.45) is 4.07. The standard InChI is InChI=1S/C66H54N2O8/c69-59-29-15-16-30-60(70)76-58-34-32-46-22-8-12-26-52(46)62(58)64-54-28-14-10-24-48(54)36-50(66(64)72)38-68-56(42-74-40-44-19-5-2-6-20-44)55(41-73-39-43-17-3-1-4-18-43)67-37-49-35-47-23-9-13-27-53(47)63(65(49)71)61-51-25-11-7-21-45(51)31-33-57(61)75-59/h1-14,17-28,31-38,55-56,71-72H,15-16,29-30,39-42H2/t55-,56-/m1/s1. The van der Waals surface area contributed by atoms with Crippen LogP contribution in [0.15, 0.2) is 204 Å². The van der Waals surface area contributed by atoms with Crippen molar-refractivity contribution >= 4 is 67.5 Å². The highest BCUT2D eigenvalue weighted by molar-refractivity contribution is 6.14. The lowest BCUT2D eigenvalue weighted by Crippen LogP contribution is -2.32. The Balaban J connectivity index is 1.10. The second-order valence-electron chi connectivity index (χ2n) is 19.0. The molecule has 2 atom stereocenters. The van der Waals surface area contributed by atoms with Gasteiger partial charge < -0.3 is 29.2 Å². The van der Waals surface area contributed by atoms with Gasteiger partial charge >= 0.3 is 11.9 Å². The second kappa shape index (κ2) is 22.7. The van der Waals surface area contributed by atoms with Crippen molar-refractivity contribution in [3.63, 3.8) is 0 Å². The quantitative estimate of drug-likeness (QED) is 0.113. The number of phenols is 2. The third kappa shape index (κ3) is 10.7. The molecule has 10 nitrogen and oxygen atoms in total. The van der Waals surface area contributed by atoms with Crippen molar-refractivity contribution in [2.45, 2.75) is 51.0 Å². The monoisotopic (exact) mass is 1000 g/mol. The third-order valence-electron chi connectivity index (χ3n) is 13.9. The van der Waals surface area contributed by atoms with Crippen LogP contribution >= 0.6 is 0 Å². The molecule has 0 saturated carbocycles. The van der Waals surface area contributed by atoms with Crippen LogP contribution in [0.2, 0.25) is 0 Å². The molecule has 10 aromatic carbocycles. The van der Waals surface area contributed by atoms with E-state index in [2.05, 4.69) is 0 Å². The molecule has 376 valence electrons. The number of phenolic OH excluding ortho intramolecular Hbond substituents is 2. The summed E-state index contributed by atoms with van der Waals surface area (Å²) < 4.78 is 25.4. The molecule has 0 aliphatic carbocycles. The minimum atomic E-state index is -0.698. The number of hydrogen-bond acceptors (Lipinski definition) is 10. The Kier molecular flexibility index (Phi) is 14.7. The van der Waals surface area contributed by atoms with Crippen molar-refractivity contribution in [3.05, 3.63) is 216 Å². The van der Waals surface area contributed by atoms with E-state index in [-0.39, 0.29) is 49.1 Å². The number of fused-ring (bicyclic) bond motifs is 16. The first-order chi connectivity index (χ1) is 37.4. The fourth-order valence-electron chi connectivity index (χ4n) is 10.1. The summed E-state index contributed by atoms with van der Waals surface area (Å²) in [6, 6.07) is 60.6. The van der Waals surface area contributed by atoms with Crippen LogP contribution in [0.5, 0.6) is 23.0 Å². The summed E-state index contributed by atoms with van der Waals surface area (Å²) in [5.41, 5.74) is 4.85. The van der Waals surface area contributed by atoms with Gasteiger partial charge in [0.2, 0.25) is 0 Å². The molecular formula is C66H54N2O8. The van der Waals surface area contributed by atoms with Gasteiger partial charge in [-0.1, -0.05) is 170 Å². The molecule has 1 aliphatic rings. The van der Waals surface area contributed by atoms with Crippen LogP contribution in [0.1, 0.15) is 47.9 Å². The Morgan fingerprint density at radius 1 is 0.421 bits per heavy atom. The molecule has 0 amide bonds. The molecule has 0 aromatic heterocycles. The Hall–Kier alpha value is -8.96. The van der Waals surface area contributed by atoms with Gasteiger partial charge in [-0.15, -0.1) is 0 Å². The molecule has 76 heavy (non-hydrogen) atoms. The van der Waals surface area contributed by atoms with Gasteiger partial charge in [-0.2, -0.15) is 0 Å². The van der Waals surface area contributed by atoms with E-state index in [1.807, 2.05) is 182 Å². The van der Waals surface area contributed by atoms with Gasteiger partial charge in [0, 0.05) is 58.7 Å². The number of ether oxygens (including phenoxy) is 4. The van der Waals surface area contributed by atoms with Gasteiger partial charge in [-0.3, -0.25) is 19.6 Å². The predicted molar refractivity (Wildman–Crippen MR) is 302 cm³/mol. The second-order valence-corrected chi connectivity index (χ2v) is 19.0. The van der Waals surface area contributed by atoms with Gasteiger partial charge in [0.1, 0.15) is 23.0 Å². The summed E-state index contributed by atoms with van der Waals surface area (Å²) in [6.45, 7) is 0.808. The number of carbonyl (C=O) groups excluding carboxylic acids is 2. The lowest BCUT2D eigenvalue weighted by Gasteiger charge is -2.22. The molecule has 10 heteroatoms. The van der Waals surface area contributed by atoms with Crippen LogP contribution in [0.4, 0.5) is 0 Å². The molecule has 0 spiro atoms. The Labute approximate surface area is 440 Å². The molecular weight excluding hydrogens is 949 g/mol. The predicted octanol–water partition coefficient (Wildman–Crippen LogP) is 14.1. The van der Waals surface area contributed by atoms with E-state index < -0.39 is 24.0 Å². The topological polar surface area (TPSA) is 136 Å². The lowest BCUT2D eigenvalue weighted by molar-refractivity contribution is -0.136. The van der Waals surface area contributed by atoms with E-state index in [0.29, 0.717) is 59.4 Å². The Bertz CT molecular complexity index is 3570. The molecule has 1 aliphatic heterocycles. The maximum Gasteiger partial charge on any atom is 0.311 e. The number of aromatic hydroxyl groups is 2. The normalized spacial score (nSPS) is 15.5. The molecule has 0 fully saturated rings. The maximum atomic E-state index is 13.9. The zero-order valence-electron chi connectivity index (χ0n) is 41.7. The molecule has 10 aromatic rings. The number of nitrogens with zero attached hydrogens (tertiary/aromatic N) is 2. The largest absolute Gasteiger partial charge is 0.507 e. The average Bonchev–Trinajstić information content (AvgIpc) is 3.54. The highest BCUT2D eigenvalue weighted by Gasteiger charge is 2.26. The van der Waals surface area contributed by atoms with Crippen LogP contribution in [0.25, 0.3) is 65.3 Å². The number of rotatable bonds is 8. The number of esters is 2. The minimum Gasteiger partial charge on any atom is -0.507 e. The van der Waals surface area contributed by atoms with Gasteiger partial charge in [-0.05, 0) is 91.3 Å². The molecule has 2 N–H and O–H groups in total. The van der Waals surface area contributed by atoms with E-state index in [1.165, 1.54) is 0 Å². The average molecular weight is 1000 g/mol. The van der Waals surface area contributed by atoms with E-state index >= 15 is 0 Å². The highest BCUT2D eigenvalue weighted by Crippen LogP contribution is 2.48. The molecule has 0 radical (unpaired) electrons. The number of aliphatic imine (C=N–C) groups is 2. The van der Waals surface area contributed by atoms with Crippen molar-refractivity contribution in [1.29, 1.82) is 0 Å². The summed E-state index contributed by atoms with van der Waals surface area (Å²) in [5.74, 6) is -0.525. The zero-order valence-corrected chi connectivity index (χ0v) is 41.7. The summed E-state index contributed by atoms with van der Waals surface area (Å²) in [4.78, 5) is 38.2. The molecule has 0 saturated heterocycles. The van der Waals surface area contributed by atoms with E-state index in [1.54, 1.807) is 24.6 Å². The van der Waals surface area contributed by atoms with Gasteiger partial charge in [0.05, 0.1) is 38.5 Å². The van der Waals surface area contributed by atoms with Crippen LogP contribution < -0.4 is 9.47 Å². The molecule has 11 rings (SSSR count). The van der Waals surface area contributed by atoms with Gasteiger partial charge in [0.25, 0.3) is 0 Å². The first kappa shape index (κ1) is 49.3. The molecule has 1 heterocycles. The maximum absolute atomic E-state index is 13.9. The zero-order chi connectivity index (χ0) is 51.8. The van der Waals surface area contributed by atoms with Crippen molar-refractivity contribution < 1.29 is 38.7 Å². The summed E-state index contributed by atoms with van der Waals surface area (Å²) in [7, 11) is 0. The number of hydrogen-bond donors (Lipinski definition) is 2. The van der Waals surface area contributed by atoms with Gasteiger partial charge in [-0.25, -0.2) is 0 Å². The lowest BCUT2D eigenvalue weighted by atomic mass is 9.90. The van der Waals surface area contributed by atoms with Crippen LogP contribution in [-0.2, 0) is 32.3 Å². The fraction of sp³-hybridized carbons (Fsp3) is 0.152. The smallest absolute Gasteiger partial charge is 0.311 e. The third-order valence-corrected chi connectivity index (χ3v) is 13.9. The number of carbonyl (C=O) groups is 2. The minimum absolute atomic E-state index is 0.0262. The summed E-state index contributed by atoms with van der Waals surface area (Å²) >= 11 is 0. The van der Waals surface area contributed by atoms with Crippen molar-refractivity contribution in [2.75, 3.05) is 13.2 Å². The van der Waals surface area contributed by atoms with Crippen LogP contribution in [-0.4, -0.2) is 59.9 Å². The first-order valence-electron chi connectivity index (χ1n) is 25.6. The van der Waals surface area contributed by atoms with Crippen molar-refractivity contribution in [2.24, 2.45) is 9.98 Å². The van der Waals surface area contributed by atoms with Crippen molar-refractivity contribution in [3.8, 4) is 45.3 Å². The van der Waals surface area contributed by atoms with E-state index in [9.17, 15) is 19.8 Å². The Morgan fingerprint density at radius 2 is 0.776 bits per heavy atom. The SMILES string of the molecule is O=C1CCCCC(=O)Oc2ccc3ccccc3c2-c2c(O)c(cc3ccccc23)C=N[C@H](COCc2ccccc2)[C@@H](COCc2ccccc2)N=Cc2cc3ccccc3c(c2O)-c2c(ccc3ccccc23)O1. The van der Waals surface area contributed by atoms with Crippen LogP contribution in [0.3, 0.4) is 0 Å². The van der Waals surface area contributed by atoms with Crippen molar-refractivity contribution in [1.82, 2.24) is 0 Å². The van der Waals surface area contributed by atoms with E-state index in [4.69, 9.17) is 28.9 Å². The molecule has 0 unspecified atom stereocenters. The number of benzene rings is 10. The first-order valence-corrected chi connectivity index (χ1v) is 25.6. The summed E-state index contributed by atoms with van der Waals surface area (Å²) in [5, 5.41) is 31.9.